The van der Waals surface area contributed by atoms with E-state index in [9.17, 15) is 4.79 Å². The molecule has 0 bridgehead atoms. The van der Waals surface area contributed by atoms with Gasteiger partial charge in [-0.05, 0) is 31.2 Å². The van der Waals surface area contributed by atoms with Crippen molar-refractivity contribution < 1.29 is 9.90 Å². The van der Waals surface area contributed by atoms with Crippen LogP contribution in [-0.4, -0.2) is 11.1 Å². The van der Waals surface area contributed by atoms with E-state index in [0.717, 1.165) is 9.79 Å². The molecule has 2 rings (SSSR count). The highest BCUT2D eigenvalue weighted by molar-refractivity contribution is 7.99. The molecule has 1 N–H and O–H groups in total. The molecule has 2 aromatic rings. The lowest BCUT2D eigenvalue weighted by molar-refractivity contribution is 0.0693. The Morgan fingerprint density at radius 3 is 2.59 bits per heavy atom. The number of hydrogen-bond donors (Lipinski definition) is 1. The van der Waals surface area contributed by atoms with Crippen molar-refractivity contribution in [2.24, 2.45) is 0 Å². The van der Waals surface area contributed by atoms with Gasteiger partial charge in [0.1, 0.15) is 0 Å². The van der Waals surface area contributed by atoms with E-state index in [0.29, 0.717) is 5.56 Å². The van der Waals surface area contributed by atoms with Crippen molar-refractivity contribution in [1.29, 1.82) is 0 Å². The van der Waals surface area contributed by atoms with Gasteiger partial charge in [-0.25, -0.2) is 4.79 Å². The molecule has 2 nitrogen and oxygen atoms in total. The maximum atomic E-state index is 11.1. The molecule has 0 unspecified atom stereocenters. The minimum absolute atomic E-state index is 0.346. The molecule has 0 heterocycles. The lowest BCUT2D eigenvalue weighted by atomic mass is 10.2. The summed E-state index contributed by atoms with van der Waals surface area (Å²) in [6.45, 7) is 2.02. The van der Waals surface area contributed by atoms with Gasteiger partial charge >= 0.3 is 5.97 Å². The second kappa shape index (κ2) is 5.06. The summed E-state index contributed by atoms with van der Waals surface area (Å²) in [6, 6.07) is 15.1. The van der Waals surface area contributed by atoms with Crippen molar-refractivity contribution in [2.75, 3.05) is 0 Å². The molecule has 0 aliphatic heterocycles. The number of aryl methyl sites for hydroxylation is 1. The van der Waals surface area contributed by atoms with E-state index in [1.165, 1.54) is 17.3 Å². The van der Waals surface area contributed by atoms with E-state index in [2.05, 4.69) is 0 Å². The molecule has 3 heteroatoms. The Bertz CT molecular complexity index is 549. The quantitative estimate of drug-likeness (QED) is 0.891. The van der Waals surface area contributed by atoms with Gasteiger partial charge in [-0.15, -0.1) is 0 Å². The van der Waals surface area contributed by atoms with E-state index in [-0.39, 0.29) is 0 Å². The minimum atomic E-state index is -0.888. The molecule has 0 aliphatic rings. The van der Waals surface area contributed by atoms with Crippen molar-refractivity contribution in [3.05, 3.63) is 59.7 Å². The van der Waals surface area contributed by atoms with Gasteiger partial charge in [-0.3, -0.25) is 0 Å². The normalized spacial score (nSPS) is 10.2. The second-order valence-electron chi connectivity index (χ2n) is 3.72. The van der Waals surface area contributed by atoms with E-state index in [4.69, 9.17) is 5.11 Å². The third-order valence-electron chi connectivity index (χ3n) is 2.33. The standard InChI is InChI=1S/C14H12O2S/c1-10-5-4-6-11(9-10)17-13-8-3-2-7-12(13)14(15)16/h2-9H,1H3,(H,15,16). The molecule has 0 fully saturated rings. The molecule has 86 valence electrons. The van der Waals surface area contributed by atoms with Gasteiger partial charge in [0, 0.05) is 9.79 Å². The molecule has 0 aromatic heterocycles. The summed E-state index contributed by atoms with van der Waals surface area (Å²) >= 11 is 1.48. The number of hydrogen-bond acceptors (Lipinski definition) is 2. The van der Waals surface area contributed by atoms with Crippen LogP contribution < -0.4 is 0 Å². The van der Waals surface area contributed by atoms with Gasteiger partial charge in [0.25, 0.3) is 0 Å². The van der Waals surface area contributed by atoms with Crippen LogP contribution in [0.5, 0.6) is 0 Å². The maximum Gasteiger partial charge on any atom is 0.336 e. The van der Waals surface area contributed by atoms with Gasteiger partial charge < -0.3 is 5.11 Å². The van der Waals surface area contributed by atoms with Crippen molar-refractivity contribution >= 4 is 17.7 Å². The molecule has 17 heavy (non-hydrogen) atoms. The molecular weight excluding hydrogens is 232 g/mol. The van der Waals surface area contributed by atoms with Crippen LogP contribution in [0.15, 0.2) is 58.3 Å². The average molecular weight is 244 g/mol. The predicted octanol–water partition coefficient (Wildman–Crippen LogP) is 3.84. The van der Waals surface area contributed by atoms with E-state index >= 15 is 0 Å². The highest BCUT2D eigenvalue weighted by Gasteiger charge is 2.09. The monoisotopic (exact) mass is 244 g/mol. The van der Waals surface area contributed by atoms with Crippen LogP contribution in [0.2, 0.25) is 0 Å². The van der Waals surface area contributed by atoms with E-state index < -0.39 is 5.97 Å². The molecule has 0 saturated heterocycles. The topological polar surface area (TPSA) is 37.3 Å². The highest BCUT2D eigenvalue weighted by atomic mass is 32.2. The van der Waals surface area contributed by atoms with Crippen molar-refractivity contribution in [3.8, 4) is 0 Å². The third kappa shape index (κ3) is 2.88. The minimum Gasteiger partial charge on any atom is -0.478 e. The Hall–Kier alpha value is -1.74. The zero-order chi connectivity index (χ0) is 12.3. The Morgan fingerprint density at radius 1 is 1.12 bits per heavy atom. The van der Waals surface area contributed by atoms with Crippen LogP contribution in [0.25, 0.3) is 0 Å². The summed E-state index contributed by atoms with van der Waals surface area (Å²) < 4.78 is 0. The number of carboxylic acid groups (broad SMARTS) is 1. The summed E-state index contributed by atoms with van der Waals surface area (Å²) in [5.74, 6) is -0.888. The highest BCUT2D eigenvalue weighted by Crippen LogP contribution is 2.30. The van der Waals surface area contributed by atoms with E-state index in [1.54, 1.807) is 12.1 Å². The van der Waals surface area contributed by atoms with Crippen molar-refractivity contribution in [1.82, 2.24) is 0 Å². The predicted molar refractivity (Wildman–Crippen MR) is 68.7 cm³/mol. The molecule has 0 aliphatic carbocycles. The molecule has 0 amide bonds. The lowest BCUT2D eigenvalue weighted by Gasteiger charge is -2.05. The summed E-state index contributed by atoms with van der Waals surface area (Å²) in [5, 5.41) is 9.08. The number of benzene rings is 2. The Labute approximate surface area is 104 Å². The fourth-order valence-corrected chi connectivity index (χ4v) is 2.60. The summed E-state index contributed by atoms with van der Waals surface area (Å²) in [7, 11) is 0. The third-order valence-corrected chi connectivity index (χ3v) is 3.40. The smallest absolute Gasteiger partial charge is 0.336 e. The molecule has 2 aromatic carbocycles. The molecule has 0 radical (unpaired) electrons. The first-order chi connectivity index (χ1) is 8.16. The largest absolute Gasteiger partial charge is 0.478 e. The fraction of sp³-hybridized carbons (Fsp3) is 0.0714. The summed E-state index contributed by atoms with van der Waals surface area (Å²) in [5.41, 5.74) is 1.52. The number of carboxylic acids is 1. The summed E-state index contributed by atoms with van der Waals surface area (Å²) in [4.78, 5) is 12.9. The lowest BCUT2D eigenvalue weighted by Crippen LogP contribution is -1.97. The Balaban J connectivity index is 2.33. The van der Waals surface area contributed by atoms with Crippen LogP contribution in [0, 0.1) is 6.92 Å². The Kier molecular flexibility index (Phi) is 3.49. The molecule has 0 spiro atoms. The van der Waals surface area contributed by atoms with E-state index in [1.807, 2.05) is 43.3 Å². The van der Waals surface area contributed by atoms with Crippen LogP contribution in [-0.2, 0) is 0 Å². The average Bonchev–Trinajstić information content (AvgIpc) is 2.29. The Morgan fingerprint density at radius 2 is 1.88 bits per heavy atom. The maximum absolute atomic E-state index is 11.1. The molecular formula is C14H12O2S. The first-order valence-electron chi connectivity index (χ1n) is 5.23. The van der Waals surface area contributed by atoms with Gasteiger partial charge in [-0.1, -0.05) is 41.6 Å². The molecule has 0 atom stereocenters. The fourth-order valence-electron chi connectivity index (χ4n) is 1.54. The number of aromatic carboxylic acids is 1. The number of rotatable bonds is 3. The first-order valence-corrected chi connectivity index (χ1v) is 6.05. The van der Waals surface area contributed by atoms with Crippen LogP contribution in [0.3, 0.4) is 0 Å². The second-order valence-corrected chi connectivity index (χ2v) is 4.84. The van der Waals surface area contributed by atoms with Crippen molar-refractivity contribution in [2.45, 2.75) is 16.7 Å². The first kappa shape index (κ1) is 11.7. The van der Waals surface area contributed by atoms with Gasteiger partial charge in [-0.2, -0.15) is 0 Å². The van der Waals surface area contributed by atoms with Gasteiger partial charge in [0.2, 0.25) is 0 Å². The van der Waals surface area contributed by atoms with Gasteiger partial charge in [0.15, 0.2) is 0 Å². The zero-order valence-electron chi connectivity index (χ0n) is 9.38. The van der Waals surface area contributed by atoms with Crippen LogP contribution in [0.1, 0.15) is 15.9 Å². The van der Waals surface area contributed by atoms with Crippen molar-refractivity contribution in [3.63, 3.8) is 0 Å². The zero-order valence-corrected chi connectivity index (χ0v) is 10.2. The summed E-state index contributed by atoms with van der Waals surface area (Å²) in [6.07, 6.45) is 0. The molecule has 0 saturated carbocycles. The van der Waals surface area contributed by atoms with Crippen LogP contribution >= 0.6 is 11.8 Å². The SMILES string of the molecule is Cc1cccc(Sc2ccccc2C(=O)O)c1. The van der Waals surface area contributed by atoms with Crippen LogP contribution in [0.4, 0.5) is 0 Å². The number of carbonyl (C=O) groups is 1. The van der Waals surface area contributed by atoms with Gasteiger partial charge in [0.05, 0.1) is 5.56 Å².